The average molecular weight is 353 g/mol. The van der Waals surface area contributed by atoms with Gasteiger partial charge in [0.2, 0.25) is 11.8 Å². The van der Waals surface area contributed by atoms with Crippen LogP contribution in [-0.4, -0.2) is 16.4 Å². The molecule has 0 fully saturated rings. The van der Waals surface area contributed by atoms with Crippen molar-refractivity contribution in [3.8, 4) is 0 Å². The monoisotopic (exact) mass is 353 g/mol. The molecule has 0 radical (unpaired) electrons. The van der Waals surface area contributed by atoms with Gasteiger partial charge in [0.25, 0.3) is 0 Å². The van der Waals surface area contributed by atoms with Gasteiger partial charge in [0, 0.05) is 30.7 Å². The third kappa shape index (κ3) is 4.58. The van der Waals surface area contributed by atoms with Gasteiger partial charge >= 0.3 is 0 Å². The lowest BCUT2D eigenvalue weighted by molar-refractivity contribution is -0.116. The van der Waals surface area contributed by atoms with E-state index in [-0.39, 0.29) is 17.9 Å². The van der Waals surface area contributed by atoms with Crippen LogP contribution in [0.15, 0.2) is 65.6 Å². The molecule has 2 N–H and O–H groups in total. The number of benzene rings is 1. The maximum absolute atomic E-state index is 12.5. The highest BCUT2D eigenvalue weighted by Crippen LogP contribution is 2.25. The molecule has 2 heterocycles. The first-order valence-electron chi connectivity index (χ1n) is 7.94. The largest absolute Gasteiger partial charge is 0.346 e. The number of nitrogens with zero attached hydrogens (tertiary/aromatic N) is 1. The zero-order chi connectivity index (χ0) is 17.6. The molecule has 0 aliphatic rings. The van der Waals surface area contributed by atoms with Crippen LogP contribution in [0.4, 0.5) is 11.4 Å². The van der Waals surface area contributed by atoms with Gasteiger partial charge in [-0.25, -0.2) is 0 Å². The van der Waals surface area contributed by atoms with Gasteiger partial charge in [-0.1, -0.05) is 6.07 Å². The smallest absolute Gasteiger partial charge is 0.226 e. The summed E-state index contributed by atoms with van der Waals surface area (Å²) in [4.78, 5) is 23.7. The number of carbonyl (C=O) groups is 2. The third-order valence-corrected chi connectivity index (χ3v) is 4.46. The highest BCUT2D eigenvalue weighted by Gasteiger charge is 2.18. The quantitative estimate of drug-likeness (QED) is 0.700. The molecule has 5 nitrogen and oxygen atoms in total. The highest BCUT2D eigenvalue weighted by atomic mass is 32.1. The fraction of sp³-hybridized carbons (Fsp3) is 0.158. The lowest BCUT2D eigenvalue weighted by atomic mass is 10.1. The maximum atomic E-state index is 12.5. The minimum atomic E-state index is -0.145. The molecule has 0 saturated heterocycles. The normalized spacial score (nSPS) is 11.7. The number of rotatable bonds is 6. The molecule has 3 rings (SSSR count). The Hall–Kier alpha value is -2.86. The van der Waals surface area contributed by atoms with Crippen molar-refractivity contribution in [1.29, 1.82) is 0 Å². The number of aromatic nitrogens is 1. The zero-order valence-electron chi connectivity index (χ0n) is 13.8. The first-order valence-corrected chi connectivity index (χ1v) is 8.88. The summed E-state index contributed by atoms with van der Waals surface area (Å²) in [5.41, 5.74) is 2.43. The van der Waals surface area contributed by atoms with Gasteiger partial charge in [-0.15, -0.1) is 0 Å². The summed E-state index contributed by atoms with van der Waals surface area (Å²) in [7, 11) is 0. The third-order valence-electron chi connectivity index (χ3n) is 3.76. The van der Waals surface area contributed by atoms with Crippen molar-refractivity contribution in [2.45, 2.75) is 19.4 Å². The van der Waals surface area contributed by atoms with Crippen molar-refractivity contribution in [3.63, 3.8) is 0 Å². The molecule has 0 saturated carbocycles. The minimum Gasteiger partial charge on any atom is -0.346 e. The molecule has 25 heavy (non-hydrogen) atoms. The van der Waals surface area contributed by atoms with Gasteiger partial charge in [-0.2, -0.15) is 11.3 Å². The zero-order valence-corrected chi connectivity index (χ0v) is 14.6. The fourth-order valence-electron chi connectivity index (χ4n) is 2.68. The van der Waals surface area contributed by atoms with Crippen LogP contribution in [0.5, 0.6) is 0 Å². The van der Waals surface area contributed by atoms with Gasteiger partial charge in [0.1, 0.15) is 0 Å². The number of amides is 2. The van der Waals surface area contributed by atoms with Gasteiger partial charge in [0.15, 0.2) is 0 Å². The predicted molar refractivity (Wildman–Crippen MR) is 101 cm³/mol. The molecule has 3 aromatic rings. The molecular weight excluding hydrogens is 334 g/mol. The SMILES string of the molecule is CC(=O)Nc1cccc(NC(=O)C[C@@H](c2ccsc2)n2cccc2)c1. The van der Waals surface area contributed by atoms with E-state index in [2.05, 4.69) is 16.0 Å². The first kappa shape index (κ1) is 17.0. The van der Waals surface area contributed by atoms with Crippen LogP contribution in [0, 0.1) is 0 Å². The van der Waals surface area contributed by atoms with Crippen molar-refractivity contribution in [2.24, 2.45) is 0 Å². The molecule has 128 valence electrons. The molecule has 0 unspecified atom stereocenters. The molecule has 1 atom stereocenters. The summed E-state index contributed by atoms with van der Waals surface area (Å²) in [6, 6.07) is 13.0. The van der Waals surface area contributed by atoms with E-state index in [0.29, 0.717) is 17.8 Å². The molecule has 0 bridgehead atoms. The second-order valence-electron chi connectivity index (χ2n) is 5.72. The maximum Gasteiger partial charge on any atom is 0.226 e. The molecule has 2 aromatic heterocycles. The van der Waals surface area contributed by atoms with Crippen LogP contribution in [0.25, 0.3) is 0 Å². The Balaban J connectivity index is 1.71. The van der Waals surface area contributed by atoms with Crippen molar-refractivity contribution in [2.75, 3.05) is 10.6 Å². The standard InChI is InChI=1S/C19H19N3O2S/c1-14(23)20-16-5-4-6-17(11-16)21-19(24)12-18(15-7-10-25-13-15)22-8-2-3-9-22/h2-11,13,18H,12H2,1H3,(H,20,23)(H,21,24)/t18-/m0/s1. The summed E-state index contributed by atoms with van der Waals surface area (Å²) >= 11 is 1.62. The molecular formula is C19H19N3O2S. The molecule has 0 aliphatic carbocycles. The average Bonchev–Trinajstić information content (AvgIpc) is 3.26. The van der Waals surface area contributed by atoms with Gasteiger partial charge < -0.3 is 15.2 Å². The number of anilines is 2. The van der Waals surface area contributed by atoms with E-state index in [0.717, 1.165) is 5.56 Å². The first-order chi connectivity index (χ1) is 12.1. The van der Waals surface area contributed by atoms with Crippen LogP contribution in [0.3, 0.4) is 0 Å². The van der Waals surface area contributed by atoms with E-state index >= 15 is 0 Å². The van der Waals surface area contributed by atoms with E-state index in [1.54, 1.807) is 35.6 Å². The van der Waals surface area contributed by atoms with Crippen LogP contribution in [0.2, 0.25) is 0 Å². The molecule has 6 heteroatoms. The lowest BCUT2D eigenvalue weighted by Gasteiger charge is -2.18. The predicted octanol–water partition coefficient (Wildman–Crippen LogP) is 4.13. The van der Waals surface area contributed by atoms with E-state index in [1.807, 2.05) is 40.5 Å². The minimum absolute atomic E-state index is 0.0419. The van der Waals surface area contributed by atoms with Crippen molar-refractivity contribution in [1.82, 2.24) is 4.57 Å². The van der Waals surface area contributed by atoms with E-state index in [1.165, 1.54) is 6.92 Å². The summed E-state index contributed by atoms with van der Waals surface area (Å²) in [5.74, 6) is -0.224. The Morgan fingerprint density at radius 2 is 1.80 bits per heavy atom. The highest BCUT2D eigenvalue weighted by molar-refractivity contribution is 7.08. The van der Waals surface area contributed by atoms with Crippen LogP contribution >= 0.6 is 11.3 Å². The molecule has 2 amide bonds. The second-order valence-corrected chi connectivity index (χ2v) is 6.50. The van der Waals surface area contributed by atoms with Crippen molar-refractivity contribution >= 4 is 34.5 Å². The Bertz CT molecular complexity index is 807. The van der Waals surface area contributed by atoms with Crippen LogP contribution in [-0.2, 0) is 9.59 Å². The van der Waals surface area contributed by atoms with Crippen molar-refractivity contribution in [3.05, 3.63) is 71.2 Å². The summed E-state index contributed by atoms with van der Waals surface area (Å²) in [5, 5.41) is 9.70. The Morgan fingerprint density at radius 3 is 2.44 bits per heavy atom. The van der Waals surface area contributed by atoms with Crippen molar-refractivity contribution < 1.29 is 9.59 Å². The van der Waals surface area contributed by atoms with Gasteiger partial charge in [-0.3, -0.25) is 9.59 Å². The molecule has 1 aromatic carbocycles. The number of thiophene rings is 1. The molecule has 0 spiro atoms. The van der Waals surface area contributed by atoms with E-state index < -0.39 is 0 Å². The summed E-state index contributed by atoms with van der Waals surface area (Å²) < 4.78 is 2.04. The number of carbonyl (C=O) groups excluding carboxylic acids is 2. The second kappa shape index (κ2) is 7.81. The number of hydrogen-bond acceptors (Lipinski definition) is 3. The fourth-order valence-corrected chi connectivity index (χ4v) is 3.39. The Labute approximate surface area is 150 Å². The van der Waals surface area contributed by atoms with Crippen LogP contribution < -0.4 is 10.6 Å². The number of hydrogen-bond donors (Lipinski definition) is 2. The molecule has 0 aliphatic heterocycles. The Morgan fingerprint density at radius 1 is 1.08 bits per heavy atom. The Kier molecular flexibility index (Phi) is 5.30. The summed E-state index contributed by atoms with van der Waals surface area (Å²) in [6.45, 7) is 1.45. The van der Waals surface area contributed by atoms with E-state index in [9.17, 15) is 9.59 Å². The summed E-state index contributed by atoms with van der Waals surface area (Å²) in [6.07, 6.45) is 4.26. The van der Waals surface area contributed by atoms with Crippen LogP contribution in [0.1, 0.15) is 24.9 Å². The van der Waals surface area contributed by atoms with E-state index in [4.69, 9.17) is 0 Å². The van der Waals surface area contributed by atoms with Gasteiger partial charge in [0.05, 0.1) is 12.5 Å². The van der Waals surface area contributed by atoms with Gasteiger partial charge in [-0.05, 0) is 52.7 Å². The topological polar surface area (TPSA) is 63.1 Å². The lowest BCUT2D eigenvalue weighted by Crippen LogP contribution is -2.19. The number of nitrogens with one attached hydrogen (secondary N) is 2.